The number of ether oxygens (including phenoxy) is 1. The van der Waals surface area contributed by atoms with Crippen LogP contribution in [0.25, 0.3) is 21.6 Å². The second kappa shape index (κ2) is 9.86. The lowest BCUT2D eigenvalue weighted by atomic mass is 10.2. The zero-order chi connectivity index (χ0) is 25.3. The van der Waals surface area contributed by atoms with Crippen molar-refractivity contribution >= 4 is 43.2 Å². The summed E-state index contributed by atoms with van der Waals surface area (Å²) in [7, 11) is -2.32. The highest BCUT2D eigenvalue weighted by Crippen LogP contribution is 2.24. The zero-order valence-corrected chi connectivity index (χ0v) is 21.2. The first-order valence-electron chi connectivity index (χ1n) is 10.7. The molecule has 3 aromatic carbocycles. The third-order valence-electron chi connectivity index (χ3n) is 5.43. The number of rotatable bonds is 8. The van der Waals surface area contributed by atoms with Gasteiger partial charge in [-0.1, -0.05) is 40.2 Å². The number of methoxy groups -OCH3 is 1. The number of fused-ring (bicyclic) bond motifs is 1. The molecule has 0 aliphatic carbocycles. The van der Waals surface area contributed by atoms with E-state index in [2.05, 4.69) is 14.9 Å². The van der Waals surface area contributed by atoms with Crippen LogP contribution >= 0.6 is 22.9 Å². The lowest BCUT2D eigenvalue weighted by Gasteiger charge is -2.07. The molecular weight excluding hydrogens is 524 g/mol. The molecule has 0 bridgehead atoms. The molecule has 0 radical (unpaired) electrons. The van der Waals surface area contributed by atoms with Gasteiger partial charge >= 0.3 is 4.87 Å². The first-order chi connectivity index (χ1) is 17.3. The van der Waals surface area contributed by atoms with Gasteiger partial charge in [-0.2, -0.15) is 4.98 Å². The molecule has 2 aromatic heterocycles. The van der Waals surface area contributed by atoms with E-state index in [0.29, 0.717) is 38.9 Å². The van der Waals surface area contributed by atoms with E-state index in [1.165, 1.54) is 12.1 Å². The molecule has 0 saturated heterocycles. The molecule has 1 N–H and O–H groups in total. The van der Waals surface area contributed by atoms with Gasteiger partial charge in [0.1, 0.15) is 5.75 Å². The Balaban J connectivity index is 1.32. The number of aromatic nitrogens is 3. The van der Waals surface area contributed by atoms with Gasteiger partial charge in [-0.3, -0.25) is 9.36 Å². The molecule has 184 valence electrons. The summed E-state index contributed by atoms with van der Waals surface area (Å²) >= 11 is 6.93. The van der Waals surface area contributed by atoms with E-state index in [9.17, 15) is 13.2 Å². The zero-order valence-electron chi connectivity index (χ0n) is 18.8. The molecular formula is C24H19ClN4O5S2. The third-order valence-corrected chi connectivity index (χ3v) is 8.03. The van der Waals surface area contributed by atoms with Gasteiger partial charge in [0.25, 0.3) is 0 Å². The van der Waals surface area contributed by atoms with Crippen molar-refractivity contribution in [2.75, 3.05) is 7.11 Å². The summed E-state index contributed by atoms with van der Waals surface area (Å²) in [6, 6.07) is 18.9. The fraction of sp³-hybridized carbons (Fsp3) is 0.125. The molecule has 5 rings (SSSR count). The first kappa shape index (κ1) is 24.2. The second-order valence-corrected chi connectivity index (χ2v) is 11.0. The number of thiazole rings is 1. The van der Waals surface area contributed by atoms with Crippen LogP contribution in [0.4, 0.5) is 0 Å². The fourth-order valence-electron chi connectivity index (χ4n) is 3.56. The Morgan fingerprint density at radius 2 is 1.83 bits per heavy atom. The Morgan fingerprint density at radius 3 is 2.56 bits per heavy atom. The minimum absolute atomic E-state index is 0.0322. The summed E-state index contributed by atoms with van der Waals surface area (Å²) < 4.78 is 40.8. The average molecular weight is 543 g/mol. The van der Waals surface area contributed by atoms with Gasteiger partial charge < -0.3 is 9.26 Å². The Kier molecular flexibility index (Phi) is 6.63. The van der Waals surface area contributed by atoms with Crippen molar-refractivity contribution < 1.29 is 17.7 Å². The van der Waals surface area contributed by atoms with Crippen LogP contribution in [-0.2, 0) is 23.1 Å². The summed E-state index contributed by atoms with van der Waals surface area (Å²) in [5, 5.41) is 4.52. The van der Waals surface area contributed by atoms with Gasteiger partial charge in [0, 0.05) is 10.6 Å². The molecule has 0 fully saturated rings. The van der Waals surface area contributed by atoms with Gasteiger partial charge in [0.2, 0.25) is 21.7 Å². The quantitative estimate of drug-likeness (QED) is 0.310. The predicted molar refractivity (Wildman–Crippen MR) is 137 cm³/mol. The van der Waals surface area contributed by atoms with E-state index in [1.807, 2.05) is 12.1 Å². The van der Waals surface area contributed by atoms with Crippen LogP contribution in [-0.4, -0.2) is 30.2 Å². The van der Waals surface area contributed by atoms with E-state index in [1.54, 1.807) is 54.1 Å². The van der Waals surface area contributed by atoms with Crippen LogP contribution < -0.4 is 14.3 Å². The van der Waals surface area contributed by atoms with Crippen LogP contribution in [0.3, 0.4) is 0 Å². The van der Waals surface area contributed by atoms with E-state index in [4.69, 9.17) is 20.9 Å². The molecule has 2 heterocycles. The van der Waals surface area contributed by atoms with Crippen molar-refractivity contribution in [1.82, 2.24) is 19.4 Å². The smallest absolute Gasteiger partial charge is 0.308 e. The van der Waals surface area contributed by atoms with E-state index < -0.39 is 10.0 Å². The molecule has 0 aliphatic heterocycles. The first-order valence-corrected chi connectivity index (χ1v) is 13.3. The average Bonchev–Trinajstić information content (AvgIpc) is 3.48. The molecule has 9 nitrogen and oxygen atoms in total. The van der Waals surface area contributed by atoms with Crippen molar-refractivity contribution in [1.29, 1.82) is 0 Å². The number of hydrogen-bond acceptors (Lipinski definition) is 8. The Labute approximate surface area is 215 Å². The molecule has 0 atom stereocenters. The van der Waals surface area contributed by atoms with Crippen LogP contribution in [0.5, 0.6) is 5.75 Å². The van der Waals surface area contributed by atoms with Gasteiger partial charge in [-0.25, -0.2) is 13.1 Å². The van der Waals surface area contributed by atoms with Crippen molar-refractivity contribution in [3.8, 4) is 17.1 Å². The SMILES string of the molecule is COc1ccc(-c2noc(CNS(=O)(=O)c3ccc4c(c3)sc(=O)n4Cc3ccc(Cl)cc3)n2)cc1. The molecule has 0 saturated carbocycles. The van der Waals surface area contributed by atoms with Gasteiger partial charge in [-0.15, -0.1) is 0 Å². The van der Waals surface area contributed by atoms with Gasteiger partial charge in [-0.05, 0) is 60.2 Å². The summed E-state index contributed by atoms with van der Waals surface area (Å²) in [6.07, 6.45) is 0. The van der Waals surface area contributed by atoms with E-state index in [-0.39, 0.29) is 22.2 Å². The molecule has 5 aromatic rings. The molecule has 0 amide bonds. The number of benzene rings is 3. The summed E-state index contributed by atoms with van der Waals surface area (Å²) in [5.41, 5.74) is 2.27. The van der Waals surface area contributed by atoms with Gasteiger partial charge in [0.15, 0.2) is 0 Å². The molecule has 36 heavy (non-hydrogen) atoms. The maximum atomic E-state index is 12.9. The lowest BCUT2D eigenvalue weighted by molar-refractivity contribution is 0.376. The normalized spacial score (nSPS) is 11.7. The highest BCUT2D eigenvalue weighted by Gasteiger charge is 2.19. The maximum absolute atomic E-state index is 12.9. The number of nitrogens with one attached hydrogen (secondary N) is 1. The number of hydrogen-bond donors (Lipinski definition) is 1. The Bertz CT molecular complexity index is 1690. The molecule has 0 aliphatic rings. The summed E-state index contributed by atoms with van der Waals surface area (Å²) in [5.74, 6) is 1.14. The van der Waals surface area contributed by atoms with Crippen LogP contribution in [0.2, 0.25) is 5.02 Å². The molecule has 0 unspecified atom stereocenters. The maximum Gasteiger partial charge on any atom is 0.308 e. The minimum Gasteiger partial charge on any atom is -0.497 e. The highest BCUT2D eigenvalue weighted by atomic mass is 35.5. The van der Waals surface area contributed by atoms with Crippen LogP contribution in [0.1, 0.15) is 11.5 Å². The van der Waals surface area contributed by atoms with Crippen molar-refractivity contribution in [2.24, 2.45) is 0 Å². The predicted octanol–water partition coefficient (Wildman–Crippen LogP) is 4.30. The number of halogens is 1. The van der Waals surface area contributed by atoms with Crippen LogP contribution in [0, 0.1) is 0 Å². The monoisotopic (exact) mass is 542 g/mol. The van der Waals surface area contributed by atoms with E-state index in [0.717, 1.165) is 16.9 Å². The van der Waals surface area contributed by atoms with Crippen molar-refractivity contribution in [3.05, 3.63) is 92.9 Å². The largest absolute Gasteiger partial charge is 0.497 e. The highest BCUT2D eigenvalue weighted by molar-refractivity contribution is 7.89. The Morgan fingerprint density at radius 1 is 1.08 bits per heavy atom. The van der Waals surface area contributed by atoms with Crippen molar-refractivity contribution in [2.45, 2.75) is 18.0 Å². The number of sulfonamides is 1. The minimum atomic E-state index is -3.90. The van der Waals surface area contributed by atoms with Crippen molar-refractivity contribution in [3.63, 3.8) is 0 Å². The summed E-state index contributed by atoms with van der Waals surface area (Å²) in [6.45, 7) is 0.172. The summed E-state index contributed by atoms with van der Waals surface area (Å²) in [4.78, 5) is 16.7. The second-order valence-electron chi connectivity index (χ2n) is 7.77. The lowest BCUT2D eigenvalue weighted by Crippen LogP contribution is -2.23. The van der Waals surface area contributed by atoms with E-state index >= 15 is 0 Å². The van der Waals surface area contributed by atoms with Gasteiger partial charge in [0.05, 0.1) is 35.3 Å². The topological polar surface area (TPSA) is 116 Å². The molecule has 12 heteroatoms. The number of nitrogens with zero attached hydrogens (tertiary/aromatic N) is 3. The fourth-order valence-corrected chi connectivity index (χ4v) is 5.69. The molecule has 0 spiro atoms. The standard InChI is InChI=1S/C24H19ClN4O5S2/c1-33-18-8-4-16(5-9-18)23-27-22(34-28-23)13-26-36(31,32)19-10-11-20-21(12-19)35-24(30)29(20)14-15-2-6-17(25)7-3-15/h2-12,26H,13-14H2,1H3. The third kappa shape index (κ3) is 5.05. The Hall–Kier alpha value is -3.51. The van der Waals surface area contributed by atoms with Crippen LogP contribution in [0.15, 0.2) is 80.9 Å².